The maximum absolute atomic E-state index is 12.3. The molecule has 0 heterocycles. The summed E-state index contributed by atoms with van der Waals surface area (Å²) in [6.45, 7) is 2.51. The van der Waals surface area contributed by atoms with Gasteiger partial charge in [0.1, 0.15) is 11.5 Å². The molecule has 0 fully saturated rings. The van der Waals surface area contributed by atoms with Crippen molar-refractivity contribution in [1.82, 2.24) is 0 Å². The summed E-state index contributed by atoms with van der Waals surface area (Å²) in [7, 11) is 3.06. The lowest BCUT2D eigenvalue weighted by Gasteiger charge is -2.16. The van der Waals surface area contributed by atoms with Gasteiger partial charge in [0.2, 0.25) is 0 Å². The van der Waals surface area contributed by atoms with Gasteiger partial charge in [0.05, 0.1) is 12.2 Å². The van der Waals surface area contributed by atoms with Crippen LogP contribution in [0.4, 0.5) is 0 Å². The first-order chi connectivity index (χ1) is 14.1. The molecule has 0 saturated carbocycles. The number of hydrogen-bond donors (Lipinski definition) is 0. The van der Waals surface area contributed by atoms with Gasteiger partial charge in [0.25, 0.3) is 0 Å². The Labute approximate surface area is 171 Å². The number of unbranched alkanes of at least 4 members (excludes halogenated alkanes) is 1. The van der Waals surface area contributed by atoms with Crippen molar-refractivity contribution in [3.8, 4) is 35.0 Å². The highest BCUT2D eigenvalue weighted by atomic mass is 16.7. The molecule has 29 heavy (non-hydrogen) atoms. The third-order valence-electron chi connectivity index (χ3n) is 4.05. The Balaban J connectivity index is 2.43. The Morgan fingerprint density at radius 2 is 1.59 bits per heavy atom. The highest BCUT2D eigenvalue weighted by Gasteiger charge is 2.17. The van der Waals surface area contributed by atoms with E-state index in [4.69, 9.17) is 30.1 Å². The average Bonchev–Trinajstić information content (AvgIpc) is 2.76. The molecule has 0 aliphatic heterocycles. The molecule has 0 aliphatic carbocycles. The van der Waals surface area contributed by atoms with Crippen LogP contribution in [-0.2, 0) is 14.2 Å². The van der Waals surface area contributed by atoms with Gasteiger partial charge < -0.3 is 23.7 Å². The third-order valence-corrected chi connectivity index (χ3v) is 4.05. The molecule has 0 radical (unpaired) electrons. The van der Waals surface area contributed by atoms with Crippen LogP contribution in [0.15, 0.2) is 36.4 Å². The van der Waals surface area contributed by atoms with Gasteiger partial charge in [-0.15, -0.1) is 6.42 Å². The fraction of sp³-hybridized carbons (Fsp3) is 0.348. The molecule has 6 heteroatoms. The number of carbonyl (C=O) groups is 1. The van der Waals surface area contributed by atoms with Crippen molar-refractivity contribution in [2.24, 2.45) is 0 Å². The van der Waals surface area contributed by atoms with Crippen molar-refractivity contribution in [1.29, 1.82) is 0 Å². The van der Waals surface area contributed by atoms with Crippen LogP contribution in [-0.4, -0.2) is 40.4 Å². The molecular formula is C23H26O6. The van der Waals surface area contributed by atoms with Crippen molar-refractivity contribution in [3.63, 3.8) is 0 Å². The Morgan fingerprint density at radius 1 is 0.966 bits per heavy atom. The van der Waals surface area contributed by atoms with Gasteiger partial charge in [-0.1, -0.05) is 19.3 Å². The lowest BCUT2D eigenvalue weighted by atomic mass is 10.00. The Kier molecular flexibility index (Phi) is 9.03. The normalized spacial score (nSPS) is 10.3. The molecule has 6 nitrogen and oxygen atoms in total. The van der Waals surface area contributed by atoms with Gasteiger partial charge in [-0.2, -0.15) is 0 Å². The summed E-state index contributed by atoms with van der Waals surface area (Å²) in [5, 5.41) is 0. The van der Waals surface area contributed by atoms with Crippen molar-refractivity contribution in [3.05, 3.63) is 47.5 Å². The molecule has 0 aromatic heterocycles. The Morgan fingerprint density at radius 3 is 2.17 bits per heavy atom. The summed E-state index contributed by atoms with van der Waals surface area (Å²) in [5.74, 6) is 3.20. The zero-order valence-corrected chi connectivity index (χ0v) is 17.0. The highest BCUT2D eigenvalue weighted by molar-refractivity contribution is 5.91. The topological polar surface area (TPSA) is 63.2 Å². The van der Waals surface area contributed by atoms with Crippen LogP contribution in [0.25, 0.3) is 11.1 Å². The average molecular weight is 398 g/mol. The van der Waals surface area contributed by atoms with Crippen LogP contribution in [0.1, 0.15) is 35.7 Å². The number of methoxy groups -OCH3 is 2. The first-order valence-corrected chi connectivity index (χ1v) is 9.30. The molecule has 2 aromatic rings. The molecule has 2 aromatic carbocycles. The number of terminal acetylenes is 1. The molecule has 0 bridgehead atoms. The van der Waals surface area contributed by atoms with E-state index in [1.807, 2.05) is 19.1 Å². The van der Waals surface area contributed by atoms with Gasteiger partial charge in [-0.3, -0.25) is 0 Å². The molecule has 0 aliphatic rings. The van der Waals surface area contributed by atoms with E-state index in [0.717, 1.165) is 24.0 Å². The van der Waals surface area contributed by atoms with Gasteiger partial charge in [0, 0.05) is 30.9 Å². The second-order valence-corrected chi connectivity index (χ2v) is 6.16. The summed E-state index contributed by atoms with van der Waals surface area (Å²) in [6.07, 6.45) is 7.27. The highest BCUT2D eigenvalue weighted by Crippen LogP contribution is 2.38. The summed E-state index contributed by atoms with van der Waals surface area (Å²) < 4.78 is 26.7. The van der Waals surface area contributed by atoms with E-state index >= 15 is 0 Å². The lowest BCUT2D eigenvalue weighted by molar-refractivity contribution is 0.0478. The summed E-state index contributed by atoms with van der Waals surface area (Å²) in [6, 6.07) is 10.5. The number of hydrogen-bond acceptors (Lipinski definition) is 6. The fourth-order valence-corrected chi connectivity index (χ4v) is 2.58. The van der Waals surface area contributed by atoms with Crippen molar-refractivity contribution >= 4 is 5.97 Å². The summed E-state index contributed by atoms with van der Waals surface area (Å²) >= 11 is 0. The van der Waals surface area contributed by atoms with Crippen LogP contribution in [0.2, 0.25) is 0 Å². The number of carbonyl (C=O) groups excluding carboxylic acids is 1. The van der Waals surface area contributed by atoms with Crippen LogP contribution in [0.3, 0.4) is 0 Å². The third kappa shape index (κ3) is 6.24. The monoisotopic (exact) mass is 398 g/mol. The lowest BCUT2D eigenvalue weighted by Crippen LogP contribution is -2.08. The van der Waals surface area contributed by atoms with E-state index < -0.39 is 5.97 Å². The molecule has 0 unspecified atom stereocenters. The quantitative estimate of drug-likeness (QED) is 0.244. The largest absolute Gasteiger partial charge is 0.467 e. The van der Waals surface area contributed by atoms with Gasteiger partial charge >= 0.3 is 5.97 Å². The Bertz CT molecular complexity index is 853. The minimum absolute atomic E-state index is 0.0258. The molecule has 2 rings (SSSR count). The van der Waals surface area contributed by atoms with E-state index in [1.54, 1.807) is 24.3 Å². The SMILES string of the molecule is C#Cc1ccc(-c2ccc(C(=O)OCCCC)cc2OCOC)c(OCOC)c1. The number of esters is 1. The molecule has 0 saturated heterocycles. The molecule has 0 atom stereocenters. The van der Waals surface area contributed by atoms with Gasteiger partial charge in [-0.25, -0.2) is 4.79 Å². The predicted octanol–water partition coefficient (Wildman–Crippen LogP) is 4.26. The second-order valence-electron chi connectivity index (χ2n) is 6.16. The standard InChI is InChI=1S/C23H26O6/c1-5-7-12-27-23(24)18-9-11-20(22(14-18)29-16-26-4)19-10-8-17(6-2)13-21(19)28-15-25-3/h2,8-11,13-14H,5,7,12,15-16H2,1,3-4H3. The van der Waals surface area contributed by atoms with Crippen molar-refractivity contribution in [2.75, 3.05) is 34.4 Å². The molecule has 0 amide bonds. The molecule has 154 valence electrons. The first-order valence-electron chi connectivity index (χ1n) is 9.30. The van der Waals surface area contributed by atoms with Crippen LogP contribution in [0.5, 0.6) is 11.5 Å². The maximum atomic E-state index is 12.3. The zero-order chi connectivity index (χ0) is 21.1. The smallest absolute Gasteiger partial charge is 0.338 e. The maximum Gasteiger partial charge on any atom is 0.338 e. The van der Waals surface area contributed by atoms with E-state index in [9.17, 15) is 4.79 Å². The zero-order valence-electron chi connectivity index (χ0n) is 17.0. The van der Waals surface area contributed by atoms with E-state index in [2.05, 4.69) is 5.92 Å². The molecular weight excluding hydrogens is 372 g/mol. The number of rotatable bonds is 11. The molecule has 0 spiro atoms. The minimum atomic E-state index is -0.397. The van der Waals surface area contributed by atoms with Crippen LogP contribution < -0.4 is 9.47 Å². The summed E-state index contributed by atoms with van der Waals surface area (Å²) in [5.41, 5.74) is 2.55. The van der Waals surface area contributed by atoms with E-state index in [0.29, 0.717) is 29.2 Å². The predicted molar refractivity (Wildman–Crippen MR) is 110 cm³/mol. The van der Waals surface area contributed by atoms with Gasteiger partial charge in [0.15, 0.2) is 13.6 Å². The number of benzene rings is 2. The van der Waals surface area contributed by atoms with Crippen LogP contribution in [0, 0.1) is 12.3 Å². The van der Waals surface area contributed by atoms with E-state index in [-0.39, 0.29) is 13.6 Å². The van der Waals surface area contributed by atoms with Gasteiger partial charge in [-0.05, 0) is 42.8 Å². The fourth-order valence-electron chi connectivity index (χ4n) is 2.58. The van der Waals surface area contributed by atoms with E-state index in [1.165, 1.54) is 14.2 Å². The second kappa shape index (κ2) is 11.7. The number of ether oxygens (including phenoxy) is 5. The Hall–Kier alpha value is -3.01. The molecule has 0 N–H and O–H groups in total. The summed E-state index contributed by atoms with van der Waals surface area (Å²) in [4.78, 5) is 12.3. The minimum Gasteiger partial charge on any atom is -0.467 e. The van der Waals surface area contributed by atoms with Crippen molar-refractivity contribution in [2.45, 2.75) is 19.8 Å². The van der Waals surface area contributed by atoms with Crippen molar-refractivity contribution < 1.29 is 28.5 Å². The first kappa shape index (κ1) is 22.3. The van der Waals surface area contributed by atoms with Crippen LogP contribution >= 0.6 is 0 Å².